The van der Waals surface area contributed by atoms with Crippen LogP contribution in [0.1, 0.15) is 51.0 Å². The predicted octanol–water partition coefficient (Wildman–Crippen LogP) is 3.69. The minimum absolute atomic E-state index is 0. The van der Waals surface area contributed by atoms with Crippen LogP contribution in [-0.4, -0.2) is 12.6 Å². The maximum Gasteiger partial charge on any atom is 0.165 e. The number of ether oxygens (including phenoxy) is 1. The second-order valence-corrected chi connectivity index (χ2v) is 4.26. The van der Waals surface area contributed by atoms with Crippen molar-refractivity contribution in [3.8, 4) is 5.75 Å². The minimum atomic E-state index is -0.262. The summed E-state index contributed by atoms with van der Waals surface area (Å²) in [5, 5.41) is 0. The van der Waals surface area contributed by atoms with Gasteiger partial charge in [-0.3, -0.25) is 0 Å². The van der Waals surface area contributed by atoms with Gasteiger partial charge in [-0.05, 0) is 24.0 Å². The smallest absolute Gasteiger partial charge is 0.165 e. The molecule has 0 spiro atoms. The average Bonchev–Trinajstić information content (AvgIpc) is 2.29. The molecule has 0 aliphatic carbocycles. The molecule has 98 valence electrons. The molecule has 0 saturated carbocycles. The van der Waals surface area contributed by atoms with Crippen molar-refractivity contribution in [3.05, 3.63) is 29.6 Å². The van der Waals surface area contributed by atoms with Crippen molar-refractivity contribution >= 4 is 0 Å². The normalized spacial score (nSPS) is 11.8. The number of hydrogen-bond donors (Lipinski definition) is 0. The lowest BCUT2D eigenvalue weighted by atomic mass is 9.94. The van der Waals surface area contributed by atoms with E-state index in [1.165, 1.54) is 32.4 Å². The molecule has 0 fully saturated rings. The zero-order chi connectivity index (χ0) is 12.0. The lowest BCUT2D eigenvalue weighted by Crippen LogP contribution is -2.00. The molecule has 0 bridgehead atoms. The van der Waals surface area contributed by atoms with E-state index in [-0.39, 0.29) is 11.3 Å². The number of hydrogen-bond acceptors (Lipinski definition) is 1. The zero-order valence-corrected chi connectivity index (χ0v) is 10.9. The largest absolute Gasteiger partial charge is 0.493 e. The molecular formula is C14H23FO2. The summed E-state index contributed by atoms with van der Waals surface area (Å²) in [6, 6.07) is 5.16. The molecule has 0 aliphatic heterocycles. The molecule has 0 amide bonds. The highest BCUT2D eigenvalue weighted by Gasteiger charge is 2.14. The topological polar surface area (TPSA) is 40.7 Å². The molecule has 1 aromatic rings. The van der Waals surface area contributed by atoms with Gasteiger partial charge in [-0.25, -0.2) is 4.39 Å². The molecule has 1 unspecified atom stereocenters. The van der Waals surface area contributed by atoms with Crippen molar-refractivity contribution in [3.63, 3.8) is 0 Å². The highest BCUT2D eigenvalue weighted by molar-refractivity contribution is 5.37. The van der Waals surface area contributed by atoms with Gasteiger partial charge in [0.25, 0.3) is 0 Å². The molecule has 0 aliphatic rings. The van der Waals surface area contributed by atoms with E-state index in [0.29, 0.717) is 11.7 Å². The molecule has 1 rings (SSSR count). The maximum absolute atomic E-state index is 13.5. The summed E-state index contributed by atoms with van der Waals surface area (Å²) < 4.78 is 18.6. The van der Waals surface area contributed by atoms with Crippen molar-refractivity contribution in [2.45, 2.75) is 45.4 Å². The number of halogens is 1. The Hall–Kier alpha value is -1.09. The van der Waals surface area contributed by atoms with Crippen molar-refractivity contribution < 1.29 is 14.6 Å². The fraction of sp³-hybridized carbons (Fsp3) is 0.571. The Labute approximate surface area is 103 Å². The highest BCUT2D eigenvalue weighted by Crippen LogP contribution is 2.31. The second kappa shape index (κ2) is 8.07. The third kappa shape index (κ3) is 4.35. The summed E-state index contributed by atoms with van der Waals surface area (Å²) in [6.45, 7) is 4.32. The van der Waals surface area contributed by atoms with Crippen LogP contribution >= 0.6 is 0 Å². The van der Waals surface area contributed by atoms with Crippen LogP contribution in [0.15, 0.2) is 18.2 Å². The number of unbranched alkanes of at least 4 members (excludes halogenated alkanes) is 2. The van der Waals surface area contributed by atoms with Crippen LogP contribution in [0, 0.1) is 5.82 Å². The molecule has 2 nitrogen and oxygen atoms in total. The van der Waals surface area contributed by atoms with E-state index < -0.39 is 0 Å². The molecule has 17 heavy (non-hydrogen) atoms. The van der Waals surface area contributed by atoms with Crippen LogP contribution in [0.25, 0.3) is 0 Å². The van der Waals surface area contributed by atoms with Gasteiger partial charge in [0, 0.05) is 0 Å². The Balaban J connectivity index is 0.00000256. The third-order valence-corrected chi connectivity index (χ3v) is 2.97. The number of methoxy groups -OCH3 is 1. The second-order valence-electron chi connectivity index (χ2n) is 4.26. The van der Waals surface area contributed by atoms with Gasteiger partial charge in [0.15, 0.2) is 11.6 Å². The van der Waals surface area contributed by atoms with Crippen molar-refractivity contribution in [1.29, 1.82) is 0 Å². The molecule has 0 radical (unpaired) electrons. The SMILES string of the molecule is CCCCCC(C)c1cccc(F)c1OC.O. The first-order valence-electron chi connectivity index (χ1n) is 6.03. The lowest BCUT2D eigenvalue weighted by Gasteiger charge is -2.15. The van der Waals surface area contributed by atoms with Crippen LogP contribution < -0.4 is 4.74 Å². The fourth-order valence-corrected chi connectivity index (χ4v) is 1.98. The van der Waals surface area contributed by atoms with E-state index in [9.17, 15) is 4.39 Å². The van der Waals surface area contributed by atoms with Crippen LogP contribution in [0.2, 0.25) is 0 Å². The standard InChI is InChI=1S/C14H21FO.H2O/c1-4-5-6-8-11(2)12-9-7-10-13(15)14(12)16-3;/h7,9-11H,4-6,8H2,1-3H3;1H2. The number of para-hydroxylation sites is 1. The van der Waals surface area contributed by atoms with Crippen LogP contribution in [-0.2, 0) is 0 Å². The Morgan fingerprint density at radius 3 is 2.59 bits per heavy atom. The van der Waals surface area contributed by atoms with E-state index >= 15 is 0 Å². The van der Waals surface area contributed by atoms with Gasteiger partial charge >= 0.3 is 0 Å². The van der Waals surface area contributed by atoms with Crippen LogP contribution in [0.3, 0.4) is 0 Å². The van der Waals surface area contributed by atoms with E-state index in [0.717, 1.165) is 12.0 Å². The lowest BCUT2D eigenvalue weighted by molar-refractivity contribution is 0.377. The Morgan fingerprint density at radius 1 is 1.29 bits per heavy atom. The molecule has 2 N–H and O–H groups in total. The van der Waals surface area contributed by atoms with Gasteiger partial charge in [0.05, 0.1) is 7.11 Å². The summed E-state index contributed by atoms with van der Waals surface area (Å²) in [5.74, 6) is 0.506. The fourth-order valence-electron chi connectivity index (χ4n) is 1.98. The number of benzene rings is 1. The minimum Gasteiger partial charge on any atom is -0.493 e. The summed E-state index contributed by atoms with van der Waals surface area (Å²) in [7, 11) is 1.53. The molecule has 3 heteroatoms. The van der Waals surface area contributed by atoms with Gasteiger partial charge in [0.1, 0.15) is 0 Å². The molecular weight excluding hydrogens is 219 g/mol. The Bertz CT molecular complexity index is 326. The summed E-state index contributed by atoms with van der Waals surface area (Å²) in [6.07, 6.45) is 4.74. The summed E-state index contributed by atoms with van der Waals surface area (Å²) >= 11 is 0. The Morgan fingerprint density at radius 2 is 2.00 bits per heavy atom. The third-order valence-electron chi connectivity index (χ3n) is 2.97. The maximum atomic E-state index is 13.5. The van der Waals surface area contributed by atoms with Crippen molar-refractivity contribution in [2.75, 3.05) is 7.11 Å². The highest BCUT2D eigenvalue weighted by atomic mass is 19.1. The average molecular weight is 242 g/mol. The van der Waals surface area contributed by atoms with Crippen LogP contribution in [0.4, 0.5) is 4.39 Å². The van der Waals surface area contributed by atoms with Gasteiger partial charge < -0.3 is 10.2 Å². The Kier molecular flexibility index (Phi) is 7.55. The number of rotatable bonds is 6. The van der Waals surface area contributed by atoms with Gasteiger partial charge in [-0.2, -0.15) is 0 Å². The van der Waals surface area contributed by atoms with Crippen LogP contribution in [0.5, 0.6) is 5.75 Å². The monoisotopic (exact) mass is 242 g/mol. The quantitative estimate of drug-likeness (QED) is 0.701. The molecule has 1 atom stereocenters. The van der Waals surface area contributed by atoms with Gasteiger partial charge in [-0.1, -0.05) is 45.2 Å². The summed E-state index contributed by atoms with van der Waals surface area (Å²) in [4.78, 5) is 0. The summed E-state index contributed by atoms with van der Waals surface area (Å²) in [5.41, 5.74) is 0.985. The van der Waals surface area contributed by atoms with Crippen molar-refractivity contribution in [2.24, 2.45) is 0 Å². The zero-order valence-electron chi connectivity index (χ0n) is 10.9. The van der Waals surface area contributed by atoms with E-state index in [1.54, 1.807) is 6.07 Å². The van der Waals surface area contributed by atoms with E-state index in [4.69, 9.17) is 4.74 Å². The first kappa shape index (κ1) is 15.9. The van der Waals surface area contributed by atoms with Gasteiger partial charge in [0.2, 0.25) is 0 Å². The molecule has 0 heterocycles. The van der Waals surface area contributed by atoms with E-state index in [1.807, 2.05) is 6.07 Å². The van der Waals surface area contributed by atoms with Crippen molar-refractivity contribution in [1.82, 2.24) is 0 Å². The molecule has 0 aromatic heterocycles. The van der Waals surface area contributed by atoms with E-state index in [2.05, 4.69) is 13.8 Å². The first-order valence-corrected chi connectivity index (χ1v) is 6.03. The molecule has 1 aromatic carbocycles. The van der Waals surface area contributed by atoms with Gasteiger partial charge in [-0.15, -0.1) is 0 Å². The first-order chi connectivity index (χ1) is 7.70. The molecule has 0 saturated heterocycles. The predicted molar refractivity (Wildman–Crippen MR) is 69.1 cm³/mol.